The number of benzene rings is 2. The molecule has 0 fully saturated rings. The Bertz CT molecular complexity index is 1250. The van der Waals surface area contributed by atoms with Crippen LogP contribution in [0, 0.1) is 6.92 Å². The van der Waals surface area contributed by atoms with Crippen LogP contribution in [0.3, 0.4) is 0 Å². The average Bonchev–Trinajstić information content (AvgIpc) is 2.95. The zero-order chi connectivity index (χ0) is 20.7. The third-order valence-electron chi connectivity index (χ3n) is 4.51. The van der Waals surface area contributed by atoms with Gasteiger partial charge < -0.3 is 9.84 Å². The Balaban J connectivity index is 1.82. The highest BCUT2D eigenvalue weighted by Gasteiger charge is 2.22. The maximum absolute atomic E-state index is 13.0. The molecule has 0 spiro atoms. The highest BCUT2D eigenvalue weighted by Crippen LogP contribution is 2.38. The standard InChI is InChI=1S/C21H15Cl2N3O3/c1-11-18(21(28)26(2)25-11)19(27)12-6-7-16-13(10-12)17(8-9-24-16)29-20-14(22)4-3-5-15(20)23/h3-10,28H,1-2H3. The van der Waals surface area contributed by atoms with Crippen LogP contribution in [-0.2, 0) is 7.05 Å². The lowest BCUT2D eigenvalue weighted by atomic mass is 10.0. The third kappa shape index (κ3) is 3.41. The summed E-state index contributed by atoms with van der Waals surface area (Å²) in [5.41, 5.74) is 1.61. The quantitative estimate of drug-likeness (QED) is 0.446. The fourth-order valence-corrected chi connectivity index (χ4v) is 3.57. The summed E-state index contributed by atoms with van der Waals surface area (Å²) in [7, 11) is 1.57. The summed E-state index contributed by atoms with van der Waals surface area (Å²) in [5.74, 6) is 0.242. The summed E-state index contributed by atoms with van der Waals surface area (Å²) < 4.78 is 7.23. The lowest BCUT2D eigenvalue weighted by Gasteiger charge is -2.12. The molecule has 0 bridgehead atoms. The molecular formula is C21H15Cl2N3O3. The monoisotopic (exact) mass is 427 g/mol. The van der Waals surface area contributed by atoms with Crippen LogP contribution in [-0.4, -0.2) is 25.7 Å². The van der Waals surface area contributed by atoms with Gasteiger partial charge in [-0.25, -0.2) is 4.68 Å². The maximum Gasteiger partial charge on any atom is 0.220 e. The van der Waals surface area contributed by atoms with E-state index in [1.165, 1.54) is 4.68 Å². The third-order valence-corrected chi connectivity index (χ3v) is 5.11. The number of halogens is 2. The fraction of sp³-hybridized carbons (Fsp3) is 0.0952. The van der Waals surface area contributed by atoms with Crippen molar-refractivity contribution >= 4 is 39.9 Å². The van der Waals surface area contributed by atoms with Crippen LogP contribution in [0.2, 0.25) is 10.0 Å². The minimum absolute atomic E-state index is 0.160. The summed E-state index contributed by atoms with van der Waals surface area (Å²) in [5, 5.41) is 15.6. The molecule has 0 unspecified atom stereocenters. The number of rotatable bonds is 4. The number of hydrogen-bond donors (Lipinski definition) is 1. The van der Waals surface area contributed by atoms with E-state index in [-0.39, 0.29) is 17.2 Å². The van der Waals surface area contributed by atoms with Gasteiger partial charge >= 0.3 is 0 Å². The molecule has 8 heteroatoms. The zero-order valence-electron chi connectivity index (χ0n) is 15.5. The molecule has 6 nitrogen and oxygen atoms in total. The number of fused-ring (bicyclic) bond motifs is 1. The molecule has 146 valence electrons. The van der Waals surface area contributed by atoms with E-state index in [0.717, 1.165) is 0 Å². The van der Waals surface area contributed by atoms with E-state index in [2.05, 4.69) is 10.1 Å². The molecule has 2 aromatic heterocycles. The molecule has 4 aromatic rings. The number of aromatic hydroxyl groups is 1. The zero-order valence-corrected chi connectivity index (χ0v) is 17.0. The summed E-state index contributed by atoms with van der Waals surface area (Å²) >= 11 is 12.4. The van der Waals surface area contributed by atoms with Crippen LogP contribution >= 0.6 is 23.2 Å². The van der Waals surface area contributed by atoms with Crippen LogP contribution < -0.4 is 4.74 Å². The number of carbonyl (C=O) groups is 1. The molecule has 4 rings (SSSR count). The molecule has 0 radical (unpaired) electrons. The second kappa shape index (κ2) is 7.39. The number of ether oxygens (including phenoxy) is 1. The highest BCUT2D eigenvalue weighted by molar-refractivity contribution is 6.37. The van der Waals surface area contributed by atoms with E-state index >= 15 is 0 Å². The summed E-state index contributed by atoms with van der Waals surface area (Å²) in [4.78, 5) is 17.3. The van der Waals surface area contributed by atoms with E-state index in [0.29, 0.717) is 43.7 Å². The first-order valence-corrected chi connectivity index (χ1v) is 9.40. The number of aryl methyl sites for hydroxylation is 2. The molecular weight excluding hydrogens is 413 g/mol. The Kier molecular flexibility index (Phi) is 4.90. The molecule has 0 amide bonds. The molecule has 0 saturated heterocycles. The number of hydrogen-bond acceptors (Lipinski definition) is 5. The van der Waals surface area contributed by atoms with Gasteiger partial charge in [0, 0.05) is 24.2 Å². The van der Waals surface area contributed by atoms with Crippen LogP contribution in [0.25, 0.3) is 10.9 Å². The predicted molar refractivity (Wildman–Crippen MR) is 111 cm³/mol. The van der Waals surface area contributed by atoms with Gasteiger partial charge in [-0.05, 0) is 43.3 Å². The van der Waals surface area contributed by atoms with Crippen LogP contribution in [0.4, 0.5) is 0 Å². The Morgan fingerprint density at radius 1 is 1.14 bits per heavy atom. The molecule has 0 saturated carbocycles. The van der Waals surface area contributed by atoms with E-state index in [4.69, 9.17) is 27.9 Å². The molecule has 0 aliphatic carbocycles. The molecule has 0 aliphatic rings. The van der Waals surface area contributed by atoms with Crippen LogP contribution in [0.5, 0.6) is 17.4 Å². The first-order chi connectivity index (χ1) is 13.9. The Hall–Kier alpha value is -3.09. The number of nitrogens with zero attached hydrogens (tertiary/aromatic N) is 3. The molecule has 1 N–H and O–H groups in total. The van der Waals surface area contributed by atoms with Crippen molar-refractivity contribution in [1.29, 1.82) is 0 Å². The summed E-state index contributed by atoms with van der Waals surface area (Å²) in [6.07, 6.45) is 1.60. The Morgan fingerprint density at radius 3 is 2.52 bits per heavy atom. The maximum atomic E-state index is 13.0. The number of carbonyl (C=O) groups excluding carboxylic acids is 1. The Morgan fingerprint density at radius 2 is 1.86 bits per heavy atom. The molecule has 2 heterocycles. The average molecular weight is 428 g/mol. The van der Waals surface area contributed by atoms with Crippen LogP contribution in [0.15, 0.2) is 48.7 Å². The second-order valence-corrected chi connectivity index (χ2v) is 7.25. The second-order valence-electron chi connectivity index (χ2n) is 6.43. The lowest BCUT2D eigenvalue weighted by Crippen LogP contribution is -2.03. The van der Waals surface area contributed by atoms with Gasteiger partial charge in [0.2, 0.25) is 5.88 Å². The number of para-hydroxylation sites is 1. The van der Waals surface area contributed by atoms with Gasteiger partial charge in [0.05, 0.1) is 21.3 Å². The normalized spacial score (nSPS) is 11.0. The van der Waals surface area contributed by atoms with Gasteiger partial charge in [0.15, 0.2) is 11.5 Å². The van der Waals surface area contributed by atoms with Gasteiger partial charge in [-0.1, -0.05) is 29.3 Å². The van der Waals surface area contributed by atoms with Crippen molar-refractivity contribution in [3.05, 3.63) is 75.5 Å². The molecule has 2 aromatic carbocycles. The van der Waals surface area contributed by atoms with Gasteiger partial charge in [0.25, 0.3) is 0 Å². The van der Waals surface area contributed by atoms with Crippen molar-refractivity contribution in [2.75, 3.05) is 0 Å². The van der Waals surface area contributed by atoms with Crippen LogP contribution in [0.1, 0.15) is 21.6 Å². The predicted octanol–water partition coefficient (Wildman–Crippen LogP) is 5.31. The van der Waals surface area contributed by atoms with Crippen molar-refractivity contribution in [2.45, 2.75) is 6.92 Å². The van der Waals surface area contributed by atoms with Gasteiger partial charge in [-0.2, -0.15) is 5.10 Å². The smallest absolute Gasteiger partial charge is 0.220 e. The van der Waals surface area contributed by atoms with Gasteiger partial charge in [-0.3, -0.25) is 9.78 Å². The summed E-state index contributed by atoms with van der Waals surface area (Å²) in [6.45, 7) is 1.67. The minimum Gasteiger partial charge on any atom is -0.493 e. The van der Waals surface area contributed by atoms with Crippen molar-refractivity contribution in [3.8, 4) is 17.4 Å². The molecule has 29 heavy (non-hydrogen) atoms. The number of ketones is 1. The van der Waals surface area contributed by atoms with Crippen molar-refractivity contribution in [3.63, 3.8) is 0 Å². The molecule has 0 atom stereocenters. The summed E-state index contributed by atoms with van der Waals surface area (Å²) in [6, 6.07) is 11.8. The first-order valence-electron chi connectivity index (χ1n) is 8.64. The van der Waals surface area contributed by atoms with Gasteiger partial charge in [-0.15, -0.1) is 0 Å². The topological polar surface area (TPSA) is 77.2 Å². The number of pyridine rings is 1. The van der Waals surface area contributed by atoms with Crippen molar-refractivity contribution in [1.82, 2.24) is 14.8 Å². The SMILES string of the molecule is Cc1nn(C)c(O)c1C(=O)c1ccc2nccc(Oc3c(Cl)cccc3Cl)c2c1. The van der Waals surface area contributed by atoms with Gasteiger partial charge in [0.1, 0.15) is 11.3 Å². The highest BCUT2D eigenvalue weighted by atomic mass is 35.5. The first kappa shape index (κ1) is 19.2. The number of aromatic nitrogens is 3. The van der Waals surface area contributed by atoms with E-state index < -0.39 is 0 Å². The van der Waals surface area contributed by atoms with E-state index in [1.807, 2.05) is 0 Å². The minimum atomic E-state index is -0.347. The van der Waals surface area contributed by atoms with Crippen molar-refractivity contribution < 1.29 is 14.6 Å². The Labute approximate surface area is 176 Å². The largest absolute Gasteiger partial charge is 0.493 e. The lowest BCUT2D eigenvalue weighted by molar-refractivity contribution is 0.103. The molecule has 0 aliphatic heterocycles. The fourth-order valence-electron chi connectivity index (χ4n) is 3.10. The van der Waals surface area contributed by atoms with E-state index in [1.54, 1.807) is 62.6 Å². The van der Waals surface area contributed by atoms with Crippen molar-refractivity contribution in [2.24, 2.45) is 7.05 Å². The van der Waals surface area contributed by atoms with E-state index in [9.17, 15) is 9.90 Å².